The first-order valence-electron chi connectivity index (χ1n) is 7.88. The molecule has 3 N–H and O–H groups in total. The summed E-state index contributed by atoms with van der Waals surface area (Å²) in [5.74, 6) is 2.09. The van der Waals surface area contributed by atoms with Crippen LogP contribution in [0, 0.1) is 17.0 Å². The van der Waals surface area contributed by atoms with Crippen molar-refractivity contribution in [1.82, 2.24) is 15.0 Å². The average molecular weight is 357 g/mol. The monoisotopic (exact) mass is 357 g/mol. The maximum atomic E-state index is 11.5. The minimum atomic E-state index is -0.346. The van der Waals surface area contributed by atoms with E-state index in [9.17, 15) is 10.1 Å². The molecule has 2 aromatic heterocycles. The molecule has 0 amide bonds. The van der Waals surface area contributed by atoms with Crippen molar-refractivity contribution in [1.29, 1.82) is 0 Å². The first-order valence-corrected chi connectivity index (χ1v) is 9.04. The Kier molecular flexibility index (Phi) is 5.39. The van der Waals surface area contributed by atoms with Crippen molar-refractivity contribution in [3.63, 3.8) is 0 Å². The fourth-order valence-electron chi connectivity index (χ4n) is 2.53. The van der Waals surface area contributed by atoms with E-state index in [1.54, 1.807) is 24.3 Å². The minimum absolute atomic E-state index is 0.0827. The van der Waals surface area contributed by atoms with E-state index >= 15 is 0 Å². The van der Waals surface area contributed by atoms with Gasteiger partial charge in [0.05, 0.1) is 22.5 Å². The van der Waals surface area contributed by atoms with Crippen LogP contribution in [-0.2, 0) is 5.75 Å². The van der Waals surface area contributed by atoms with Crippen molar-refractivity contribution in [2.75, 3.05) is 17.6 Å². The summed E-state index contributed by atoms with van der Waals surface area (Å²) in [5.41, 5.74) is 3.62. The molecule has 0 aliphatic carbocycles. The molecule has 0 unspecified atom stereocenters. The Morgan fingerprint density at radius 2 is 2.08 bits per heavy atom. The number of rotatable bonds is 8. The van der Waals surface area contributed by atoms with Crippen LogP contribution < -0.4 is 5.32 Å². The van der Waals surface area contributed by atoms with Gasteiger partial charge in [0.25, 0.3) is 0 Å². The van der Waals surface area contributed by atoms with Gasteiger partial charge in [-0.1, -0.05) is 30.3 Å². The molecule has 1 aromatic carbocycles. The first kappa shape index (κ1) is 17.1. The second-order valence-corrected chi connectivity index (χ2v) is 6.61. The molecule has 0 radical (unpaired) electrons. The quantitative estimate of drug-likeness (QED) is 0.322. The van der Waals surface area contributed by atoms with Crippen molar-refractivity contribution in [2.45, 2.75) is 12.7 Å². The molecule has 2 heterocycles. The summed E-state index contributed by atoms with van der Waals surface area (Å²) in [6.45, 7) is 2.62. The highest BCUT2D eigenvalue weighted by molar-refractivity contribution is 7.98. The van der Waals surface area contributed by atoms with Gasteiger partial charge in [-0.05, 0) is 12.5 Å². The maximum Gasteiger partial charge on any atom is 0.318 e. The van der Waals surface area contributed by atoms with Crippen LogP contribution in [0.15, 0.2) is 42.9 Å². The summed E-state index contributed by atoms with van der Waals surface area (Å²) in [6.07, 6.45) is 3.37. The largest absolute Gasteiger partial charge is 0.365 e. The number of imidazole rings is 1. The van der Waals surface area contributed by atoms with Gasteiger partial charge in [-0.3, -0.25) is 10.1 Å². The van der Waals surface area contributed by atoms with E-state index in [0.717, 1.165) is 28.5 Å². The molecule has 0 saturated carbocycles. The van der Waals surface area contributed by atoms with Crippen molar-refractivity contribution < 1.29 is 4.92 Å². The lowest BCUT2D eigenvalue weighted by Gasteiger charge is -2.04. The van der Waals surface area contributed by atoms with Crippen molar-refractivity contribution in [2.24, 2.45) is 0 Å². The van der Waals surface area contributed by atoms with E-state index in [2.05, 4.69) is 20.3 Å². The Morgan fingerprint density at radius 1 is 1.28 bits per heavy atom. The van der Waals surface area contributed by atoms with Gasteiger partial charge in [-0.15, -0.1) is 0 Å². The van der Waals surface area contributed by atoms with Crippen LogP contribution in [0.1, 0.15) is 11.4 Å². The number of aryl methyl sites for hydroxylation is 1. The van der Waals surface area contributed by atoms with E-state index < -0.39 is 0 Å². The second-order valence-electron chi connectivity index (χ2n) is 5.50. The number of H-pyrrole nitrogens is 2. The molecule has 8 heteroatoms. The van der Waals surface area contributed by atoms with Crippen LogP contribution in [0.5, 0.6) is 0 Å². The number of hydrogen-bond donors (Lipinski definition) is 3. The standard InChI is InChI=1S/C17H19N5O2S/c1-12-15(21-11-20-12)10-25-8-7-18-17-16(22(23)24)14(9-19-17)13-5-3-2-4-6-13/h2-6,9,11,18-19H,7-8,10H2,1H3,(H,20,21). The highest BCUT2D eigenvalue weighted by Crippen LogP contribution is 2.35. The Balaban J connectivity index is 1.60. The molecule has 0 fully saturated rings. The topological polar surface area (TPSA) is 99.6 Å². The zero-order valence-electron chi connectivity index (χ0n) is 13.8. The zero-order chi connectivity index (χ0) is 17.6. The molecular weight excluding hydrogens is 338 g/mol. The van der Waals surface area contributed by atoms with Gasteiger partial charge in [-0.25, -0.2) is 4.98 Å². The summed E-state index contributed by atoms with van der Waals surface area (Å²) >= 11 is 1.73. The summed E-state index contributed by atoms with van der Waals surface area (Å²) in [6, 6.07) is 9.35. The van der Waals surface area contributed by atoms with Crippen LogP contribution >= 0.6 is 11.8 Å². The average Bonchev–Trinajstić information content (AvgIpc) is 3.22. The van der Waals surface area contributed by atoms with Crippen LogP contribution in [0.4, 0.5) is 11.5 Å². The van der Waals surface area contributed by atoms with Crippen molar-refractivity contribution in [3.8, 4) is 11.1 Å². The lowest BCUT2D eigenvalue weighted by Crippen LogP contribution is -2.06. The summed E-state index contributed by atoms with van der Waals surface area (Å²) in [4.78, 5) is 21.4. The van der Waals surface area contributed by atoms with Gasteiger partial charge in [0.15, 0.2) is 5.82 Å². The molecule has 0 bridgehead atoms. The second kappa shape index (κ2) is 7.89. The number of nitrogens with one attached hydrogen (secondary N) is 3. The number of aromatic amines is 2. The van der Waals surface area contributed by atoms with Crippen LogP contribution in [0.25, 0.3) is 11.1 Å². The molecule has 3 aromatic rings. The number of anilines is 1. The molecule has 3 rings (SSSR count). The van der Waals surface area contributed by atoms with Crippen LogP contribution in [0.2, 0.25) is 0 Å². The Hall–Kier alpha value is -2.74. The molecule has 7 nitrogen and oxygen atoms in total. The predicted molar refractivity (Wildman–Crippen MR) is 101 cm³/mol. The van der Waals surface area contributed by atoms with E-state index in [1.807, 2.05) is 37.3 Å². The lowest BCUT2D eigenvalue weighted by molar-refractivity contribution is -0.383. The normalized spacial score (nSPS) is 10.8. The van der Waals surface area contributed by atoms with Gasteiger partial charge in [0, 0.05) is 29.9 Å². The number of thioether (sulfide) groups is 1. The Bertz CT molecular complexity index is 844. The third-order valence-corrected chi connectivity index (χ3v) is 4.81. The zero-order valence-corrected chi connectivity index (χ0v) is 14.6. The lowest BCUT2D eigenvalue weighted by atomic mass is 10.1. The molecular formula is C17H19N5O2S. The summed E-state index contributed by atoms with van der Waals surface area (Å²) in [7, 11) is 0. The van der Waals surface area contributed by atoms with E-state index in [0.29, 0.717) is 17.9 Å². The number of aromatic nitrogens is 3. The van der Waals surface area contributed by atoms with E-state index in [-0.39, 0.29) is 10.6 Å². The Morgan fingerprint density at radius 3 is 2.76 bits per heavy atom. The fourth-order valence-corrected chi connectivity index (χ4v) is 3.40. The van der Waals surface area contributed by atoms with Gasteiger partial charge >= 0.3 is 5.69 Å². The van der Waals surface area contributed by atoms with Crippen molar-refractivity contribution in [3.05, 3.63) is 64.4 Å². The molecule has 130 valence electrons. The smallest absolute Gasteiger partial charge is 0.318 e. The van der Waals surface area contributed by atoms with Gasteiger partial charge in [0.1, 0.15) is 0 Å². The predicted octanol–water partition coefficient (Wildman–Crippen LogP) is 3.97. The summed E-state index contributed by atoms with van der Waals surface area (Å²) in [5, 5.41) is 14.6. The number of nitro groups is 1. The number of nitrogens with zero attached hydrogens (tertiary/aromatic N) is 2. The number of hydrogen-bond acceptors (Lipinski definition) is 5. The highest BCUT2D eigenvalue weighted by atomic mass is 32.2. The third-order valence-electron chi connectivity index (χ3n) is 3.84. The van der Waals surface area contributed by atoms with Gasteiger partial charge in [-0.2, -0.15) is 11.8 Å². The fraction of sp³-hybridized carbons (Fsp3) is 0.235. The summed E-state index contributed by atoms with van der Waals surface area (Å²) < 4.78 is 0. The minimum Gasteiger partial charge on any atom is -0.365 e. The number of benzene rings is 1. The molecule has 0 aliphatic heterocycles. The first-order chi connectivity index (χ1) is 12.2. The van der Waals surface area contributed by atoms with Gasteiger partial charge in [0.2, 0.25) is 0 Å². The molecule has 0 aliphatic rings. The molecule has 0 atom stereocenters. The molecule has 0 spiro atoms. The van der Waals surface area contributed by atoms with E-state index in [1.165, 1.54) is 0 Å². The SMILES string of the molecule is Cc1[nH]cnc1CSCCNc1[nH]cc(-c2ccccc2)c1[N+](=O)[O-]. The van der Waals surface area contributed by atoms with Crippen LogP contribution in [-0.4, -0.2) is 32.2 Å². The van der Waals surface area contributed by atoms with Crippen LogP contribution in [0.3, 0.4) is 0 Å². The Labute approximate surface area is 149 Å². The molecule has 0 saturated heterocycles. The highest BCUT2D eigenvalue weighted by Gasteiger charge is 2.23. The molecule has 25 heavy (non-hydrogen) atoms. The van der Waals surface area contributed by atoms with Gasteiger partial charge < -0.3 is 15.3 Å². The third kappa shape index (κ3) is 4.03. The maximum absolute atomic E-state index is 11.5. The van der Waals surface area contributed by atoms with E-state index in [4.69, 9.17) is 0 Å². The van der Waals surface area contributed by atoms with Crippen molar-refractivity contribution >= 4 is 23.3 Å².